The minimum absolute atomic E-state index is 0. The smallest absolute Gasteiger partial charge is 0.244 e. The molecule has 17 heavy (non-hydrogen) atoms. The Morgan fingerprint density at radius 1 is 1.47 bits per heavy atom. The summed E-state index contributed by atoms with van der Waals surface area (Å²) in [6.07, 6.45) is 2.64. The van der Waals surface area contributed by atoms with Crippen LogP contribution in [0.3, 0.4) is 0 Å². The van der Waals surface area contributed by atoms with E-state index in [9.17, 15) is 4.79 Å². The predicted molar refractivity (Wildman–Crippen MR) is 80.5 cm³/mol. The van der Waals surface area contributed by atoms with E-state index in [-0.39, 0.29) is 18.3 Å². The molecule has 1 aromatic rings. The van der Waals surface area contributed by atoms with Gasteiger partial charge in [0.1, 0.15) is 0 Å². The van der Waals surface area contributed by atoms with Crippen molar-refractivity contribution in [3.05, 3.63) is 27.3 Å². The van der Waals surface area contributed by atoms with Crippen LogP contribution in [0.1, 0.15) is 24.8 Å². The largest absolute Gasteiger partial charge is 0.324 e. The highest BCUT2D eigenvalue weighted by molar-refractivity contribution is 14.1. The molecule has 0 aromatic heterocycles. The molecule has 3 nitrogen and oxygen atoms in total. The van der Waals surface area contributed by atoms with E-state index < -0.39 is 5.54 Å². The first-order valence-electron chi connectivity index (χ1n) is 5.38. The van der Waals surface area contributed by atoms with Gasteiger partial charge in [0.05, 0.1) is 5.54 Å². The Labute approximate surface area is 121 Å². The van der Waals surface area contributed by atoms with Crippen LogP contribution in [0.2, 0.25) is 0 Å². The Morgan fingerprint density at radius 2 is 2.12 bits per heavy atom. The van der Waals surface area contributed by atoms with Gasteiger partial charge in [0.15, 0.2) is 0 Å². The molecule has 0 saturated heterocycles. The molecule has 1 fully saturated rings. The lowest BCUT2D eigenvalue weighted by Crippen LogP contribution is -2.56. The second-order valence-electron chi connectivity index (χ2n) is 4.42. The fraction of sp³-hybridized carbons (Fsp3) is 0.417. The van der Waals surface area contributed by atoms with Crippen molar-refractivity contribution in [1.29, 1.82) is 0 Å². The lowest BCUT2D eigenvalue weighted by atomic mass is 9.77. The Bertz CT molecular complexity index is 433. The fourth-order valence-electron chi connectivity index (χ4n) is 1.80. The van der Waals surface area contributed by atoms with Gasteiger partial charge in [0.2, 0.25) is 5.91 Å². The lowest BCUT2D eigenvalue weighted by Gasteiger charge is -2.36. The minimum atomic E-state index is -0.630. The van der Waals surface area contributed by atoms with Crippen LogP contribution in [0, 0.1) is 10.5 Å². The van der Waals surface area contributed by atoms with E-state index in [2.05, 4.69) is 27.9 Å². The number of nitrogens with one attached hydrogen (secondary N) is 1. The van der Waals surface area contributed by atoms with Gasteiger partial charge >= 0.3 is 0 Å². The maximum absolute atomic E-state index is 11.9. The number of carbonyl (C=O) groups is 1. The zero-order valence-electron chi connectivity index (χ0n) is 9.63. The highest BCUT2D eigenvalue weighted by Crippen LogP contribution is 2.30. The van der Waals surface area contributed by atoms with Crippen LogP contribution in [0.5, 0.6) is 0 Å². The fourth-order valence-corrected chi connectivity index (χ4v) is 2.45. The lowest BCUT2D eigenvalue weighted by molar-refractivity contribution is -0.123. The zero-order valence-corrected chi connectivity index (χ0v) is 12.6. The van der Waals surface area contributed by atoms with Crippen molar-refractivity contribution in [3.63, 3.8) is 0 Å². The maximum Gasteiger partial charge on any atom is 0.244 e. The average molecular weight is 367 g/mol. The number of benzene rings is 1. The minimum Gasteiger partial charge on any atom is -0.324 e. The molecule has 1 saturated carbocycles. The van der Waals surface area contributed by atoms with Crippen molar-refractivity contribution in [2.75, 3.05) is 5.32 Å². The molecule has 0 atom stereocenters. The highest BCUT2D eigenvalue weighted by atomic mass is 127. The van der Waals surface area contributed by atoms with Crippen molar-refractivity contribution >= 4 is 46.6 Å². The maximum atomic E-state index is 11.9. The molecule has 1 aromatic carbocycles. The van der Waals surface area contributed by atoms with E-state index in [1.54, 1.807) is 0 Å². The first-order chi connectivity index (χ1) is 7.51. The molecule has 0 bridgehead atoms. The van der Waals surface area contributed by atoms with Gasteiger partial charge in [0, 0.05) is 9.26 Å². The number of aryl methyl sites for hydroxylation is 1. The number of amides is 1. The summed E-state index contributed by atoms with van der Waals surface area (Å²) < 4.78 is 1.17. The number of hydrogen-bond acceptors (Lipinski definition) is 2. The van der Waals surface area contributed by atoms with E-state index in [0.29, 0.717) is 0 Å². The predicted octanol–water partition coefficient (Wildman–Crippen LogP) is 2.84. The first-order valence-corrected chi connectivity index (χ1v) is 6.46. The second kappa shape index (κ2) is 5.54. The molecule has 0 spiro atoms. The number of halogens is 2. The molecule has 0 unspecified atom stereocenters. The number of anilines is 1. The van der Waals surface area contributed by atoms with Gasteiger partial charge in [-0.3, -0.25) is 4.79 Å². The topological polar surface area (TPSA) is 55.1 Å². The monoisotopic (exact) mass is 366 g/mol. The van der Waals surface area contributed by atoms with Crippen molar-refractivity contribution in [2.45, 2.75) is 31.7 Å². The van der Waals surface area contributed by atoms with Crippen molar-refractivity contribution < 1.29 is 4.79 Å². The summed E-state index contributed by atoms with van der Waals surface area (Å²) >= 11 is 2.25. The molecule has 1 aliphatic rings. The third kappa shape index (κ3) is 3.11. The third-order valence-corrected chi connectivity index (χ3v) is 3.81. The normalized spacial score (nSPS) is 16.6. The van der Waals surface area contributed by atoms with E-state index in [4.69, 9.17) is 5.73 Å². The summed E-state index contributed by atoms with van der Waals surface area (Å²) in [6, 6.07) is 5.95. The van der Waals surface area contributed by atoms with Crippen molar-refractivity contribution in [2.24, 2.45) is 5.73 Å². The van der Waals surface area contributed by atoms with Gasteiger partial charge in [-0.1, -0.05) is 0 Å². The molecule has 3 N–H and O–H groups in total. The van der Waals surface area contributed by atoms with E-state index in [1.165, 1.54) is 3.57 Å². The van der Waals surface area contributed by atoms with Gasteiger partial charge in [-0.25, -0.2) is 0 Å². The molecule has 0 radical (unpaired) electrons. The summed E-state index contributed by atoms with van der Waals surface area (Å²) in [4.78, 5) is 11.9. The van der Waals surface area contributed by atoms with Crippen molar-refractivity contribution in [1.82, 2.24) is 0 Å². The molecule has 5 heteroatoms. The van der Waals surface area contributed by atoms with Crippen LogP contribution < -0.4 is 11.1 Å². The number of hydrogen-bond donors (Lipinski definition) is 2. The zero-order chi connectivity index (χ0) is 11.8. The van der Waals surface area contributed by atoms with Gasteiger partial charge in [-0.2, -0.15) is 0 Å². The summed E-state index contributed by atoms with van der Waals surface area (Å²) in [5, 5.41) is 2.91. The third-order valence-electron chi connectivity index (χ3n) is 3.13. The molecule has 2 rings (SSSR count). The number of carbonyl (C=O) groups excluding carboxylic acids is 1. The molecular weight excluding hydrogens is 351 g/mol. The summed E-state index contributed by atoms with van der Waals surface area (Å²) in [6.45, 7) is 1.99. The molecular formula is C12H16ClIN2O. The molecule has 0 aliphatic heterocycles. The van der Waals surface area contributed by atoms with Crippen LogP contribution in [0.15, 0.2) is 18.2 Å². The second-order valence-corrected chi connectivity index (χ2v) is 5.67. The van der Waals surface area contributed by atoms with E-state index in [1.807, 2.05) is 25.1 Å². The number of rotatable bonds is 2. The molecule has 1 aliphatic carbocycles. The van der Waals surface area contributed by atoms with Gasteiger partial charge in [0.25, 0.3) is 0 Å². The quantitative estimate of drug-likeness (QED) is 0.791. The molecule has 0 heterocycles. The Hall–Kier alpha value is -0.330. The highest BCUT2D eigenvalue weighted by Gasteiger charge is 2.40. The van der Waals surface area contributed by atoms with Gasteiger partial charge in [-0.05, 0) is 72.5 Å². The van der Waals surface area contributed by atoms with Crippen LogP contribution in [-0.4, -0.2) is 11.4 Å². The van der Waals surface area contributed by atoms with Crippen LogP contribution in [0.25, 0.3) is 0 Å². The Balaban J connectivity index is 0.00000144. The standard InChI is InChI=1S/C12H15IN2O.ClH/c1-8-7-9(13)3-4-10(8)15-11(16)12(14)5-2-6-12;/h3-4,7H,2,5-6,14H2,1H3,(H,15,16);1H. The first kappa shape index (κ1) is 14.7. The number of nitrogens with two attached hydrogens (primary N) is 1. The Morgan fingerprint density at radius 3 is 2.59 bits per heavy atom. The summed E-state index contributed by atoms with van der Waals surface area (Å²) in [5.41, 5.74) is 7.27. The van der Waals surface area contributed by atoms with Gasteiger partial charge in [-0.15, -0.1) is 12.4 Å². The summed E-state index contributed by atoms with van der Waals surface area (Å²) in [7, 11) is 0. The van der Waals surface area contributed by atoms with Crippen LogP contribution in [-0.2, 0) is 4.79 Å². The SMILES string of the molecule is Cc1cc(I)ccc1NC(=O)C1(N)CCC1.Cl. The average Bonchev–Trinajstić information content (AvgIpc) is 2.18. The van der Waals surface area contributed by atoms with Crippen LogP contribution in [0.4, 0.5) is 5.69 Å². The molecule has 94 valence electrons. The van der Waals surface area contributed by atoms with Gasteiger partial charge < -0.3 is 11.1 Å². The van der Waals surface area contributed by atoms with Crippen molar-refractivity contribution in [3.8, 4) is 0 Å². The molecule has 1 amide bonds. The van der Waals surface area contributed by atoms with Crippen LogP contribution >= 0.6 is 35.0 Å². The van der Waals surface area contributed by atoms with E-state index in [0.717, 1.165) is 30.5 Å². The van der Waals surface area contributed by atoms with E-state index >= 15 is 0 Å². The Kier molecular flexibility index (Phi) is 4.80. The summed E-state index contributed by atoms with van der Waals surface area (Å²) in [5.74, 6) is -0.0527.